The number of hydrogen-bond acceptors (Lipinski definition) is 4. The second-order valence-corrected chi connectivity index (χ2v) is 7.17. The van der Waals surface area contributed by atoms with E-state index >= 15 is 0 Å². The summed E-state index contributed by atoms with van der Waals surface area (Å²) in [4.78, 5) is 42.3. The Kier molecular flexibility index (Phi) is 4.53. The monoisotopic (exact) mass is 357 g/mol. The van der Waals surface area contributed by atoms with Crippen LogP contribution in [0.3, 0.4) is 0 Å². The number of hydrogen-bond donors (Lipinski definition) is 0. The molecule has 1 unspecified atom stereocenters. The molecule has 2 saturated heterocycles. The van der Waals surface area contributed by atoms with E-state index in [1.165, 1.54) is 0 Å². The molecule has 138 valence electrons. The number of rotatable bonds is 3. The van der Waals surface area contributed by atoms with E-state index in [9.17, 15) is 14.4 Å². The minimum atomic E-state index is -0.390. The molecule has 3 aliphatic rings. The Bertz CT molecular complexity index is 696. The van der Waals surface area contributed by atoms with Gasteiger partial charge in [-0.3, -0.25) is 9.59 Å². The zero-order valence-electron chi connectivity index (χ0n) is 14.7. The van der Waals surface area contributed by atoms with Crippen molar-refractivity contribution < 1.29 is 19.1 Å². The number of nitrogens with zero attached hydrogens (tertiary/aromatic N) is 3. The predicted octanol–water partition coefficient (Wildman–Crippen LogP) is 1.34. The van der Waals surface area contributed by atoms with Crippen LogP contribution >= 0.6 is 0 Å². The molecule has 0 aromatic heterocycles. The van der Waals surface area contributed by atoms with Crippen LogP contribution in [0.5, 0.6) is 5.75 Å². The maximum Gasteiger partial charge on any atom is 0.415 e. The molecule has 0 bridgehead atoms. The third kappa shape index (κ3) is 3.52. The zero-order valence-corrected chi connectivity index (χ0v) is 14.7. The Balaban J connectivity index is 1.27. The van der Waals surface area contributed by atoms with Crippen molar-refractivity contribution in [1.29, 1.82) is 0 Å². The summed E-state index contributed by atoms with van der Waals surface area (Å²) in [5, 5.41) is 0. The summed E-state index contributed by atoms with van der Waals surface area (Å²) in [6.45, 7) is 2.42. The minimum absolute atomic E-state index is 0.0394. The number of carbonyl (C=O) groups is 3. The molecule has 7 heteroatoms. The first kappa shape index (κ1) is 16.9. The number of likely N-dealkylation sites (tertiary alicyclic amines) is 1. The Labute approximate surface area is 152 Å². The van der Waals surface area contributed by atoms with Gasteiger partial charge in [-0.25, -0.2) is 4.79 Å². The lowest BCUT2D eigenvalue weighted by molar-refractivity contribution is -0.137. The smallest absolute Gasteiger partial charge is 0.410 e. The van der Waals surface area contributed by atoms with Gasteiger partial charge in [0.05, 0.1) is 5.92 Å². The Hall–Kier alpha value is -2.57. The van der Waals surface area contributed by atoms with Gasteiger partial charge in [0.1, 0.15) is 5.75 Å². The summed E-state index contributed by atoms with van der Waals surface area (Å²) in [7, 11) is 0. The number of piperazine rings is 1. The molecular formula is C19H23N3O4. The molecule has 0 radical (unpaired) electrons. The van der Waals surface area contributed by atoms with E-state index in [1.54, 1.807) is 21.9 Å². The lowest BCUT2D eigenvalue weighted by Crippen LogP contribution is -2.52. The van der Waals surface area contributed by atoms with E-state index in [0.29, 0.717) is 50.9 Å². The maximum absolute atomic E-state index is 12.7. The molecule has 1 aromatic carbocycles. The molecule has 2 heterocycles. The average Bonchev–Trinajstić information content (AvgIpc) is 3.44. The van der Waals surface area contributed by atoms with Crippen LogP contribution in [-0.2, 0) is 9.59 Å². The van der Waals surface area contributed by atoms with E-state index in [1.807, 2.05) is 23.1 Å². The van der Waals surface area contributed by atoms with Crippen LogP contribution in [0.15, 0.2) is 30.3 Å². The van der Waals surface area contributed by atoms with E-state index in [0.717, 1.165) is 12.8 Å². The van der Waals surface area contributed by atoms with Crippen LogP contribution in [0, 0.1) is 5.92 Å². The lowest BCUT2D eigenvalue weighted by atomic mass is 10.1. The molecule has 4 rings (SSSR count). The topological polar surface area (TPSA) is 70.2 Å². The molecule has 7 nitrogen and oxygen atoms in total. The van der Waals surface area contributed by atoms with Gasteiger partial charge in [-0.2, -0.15) is 0 Å². The van der Waals surface area contributed by atoms with E-state index in [4.69, 9.17) is 4.74 Å². The highest BCUT2D eigenvalue weighted by atomic mass is 16.6. The number of ether oxygens (including phenoxy) is 1. The van der Waals surface area contributed by atoms with Crippen LogP contribution in [0.2, 0.25) is 0 Å². The lowest BCUT2D eigenvalue weighted by Gasteiger charge is -2.35. The summed E-state index contributed by atoms with van der Waals surface area (Å²) in [5.74, 6) is 0.431. The SMILES string of the molecule is O=C(Oc1ccccc1)N1CCN(C(=O)C2CC(=O)N(C3CC3)C2)CC1. The molecule has 1 aromatic rings. The first-order valence-electron chi connectivity index (χ1n) is 9.22. The normalized spacial score (nSPS) is 23.3. The van der Waals surface area contributed by atoms with Crippen LogP contribution < -0.4 is 4.74 Å². The summed E-state index contributed by atoms with van der Waals surface area (Å²) in [6.07, 6.45) is 2.06. The summed E-state index contributed by atoms with van der Waals surface area (Å²) in [6, 6.07) is 9.32. The number of para-hydroxylation sites is 1. The van der Waals surface area contributed by atoms with Crippen molar-refractivity contribution in [1.82, 2.24) is 14.7 Å². The molecule has 1 atom stereocenters. The van der Waals surface area contributed by atoms with Crippen molar-refractivity contribution in [2.45, 2.75) is 25.3 Å². The number of benzene rings is 1. The fourth-order valence-electron chi connectivity index (χ4n) is 3.66. The van der Waals surface area contributed by atoms with Crippen LogP contribution in [0.25, 0.3) is 0 Å². The first-order chi connectivity index (χ1) is 12.6. The predicted molar refractivity (Wildman–Crippen MR) is 93.5 cm³/mol. The molecule has 1 aliphatic carbocycles. The quantitative estimate of drug-likeness (QED) is 0.819. The fraction of sp³-hybridized carbons (Fsp3) is 0.526. The molecule has 2 aliphatic heterocycles. The molecule has 0 N–H and O–H groups in total. The second kappa shape index (κ2) is 6.97. The minimum Gasteiger partial charge on any atom is -0.410 e. The van der Waals surface area contributed by atoms with Gasteiger partial charge in [-0.05, 0) is 25.0 Å². The zero-order chi connectivity index (χ0) is 18.1. The molecule has 0 spiro atoms. The Morgan fingerprint density at radius 2 is 1.62 bits per heavy atom. The van der Waals surface area contributed by atoms with Crippen molar-refractivity contribution in [3.05, 3.63) is 30.3 Å². The summed E-state index contributed by atoms with van der Waals surface area (Å²) in [5.41, 5.74) is 0. The molecule has 26 heavy (non-hydrogen) atoms. The molecule has 3 amide bonds. The van der Waals surface area contributed by atoms with Crippen LogP contribution in [0.1, 0.15) is 19.3 Å². The Morgan fingerprint density at radius 3 is 2.27 bits per heavy atom. The van der Waals surface area contributed by atoms with E-state index < -0.39 is 0 Å². The number of carbonyl (C=O) groups excluding carboxylic acids is 3. The van der Waals surface area contributed by atoms with Gasteiger partial charge in [-0.1, -0.05) is 18.2 Å². The number of amides is 3. The van der Waals surface area contributed by atoms with Gasteiger partial charge in [0.15, 0.2) is 0 Å². The van der Waals surface area contributed by atoms with Gasteiger partial charge >= 0.3 is 6.09 Å². The fourth-order valence-corrected chi connectivity index (χ4v) is 3.66. The van der Waals surface area contributed by atoms with Gasteiger partial charge in [0.2, 0.25) is 11.8 Å². The highest BCUT2D eigenvalue weighted by Crippen LogP contribution is 2.33. The first-order valence-corrected chi connectivity index (χ1v) is 9.22. The van der Waals surface area contributed by atoms with Gasteiger partial charge in [0, 0.05) is 45.2 Å². The highest BCUT2D eigenvalue weighted by molar-refractivity contribution is 5.89. The molecule has 3 fully saturated rings. The van der Waals surface area contributed by atoms with Crippen LogP contribution in [-0.4, -0.2) is 71.4 Å². The summed E-state index contributed by atoms with van der Waals surface area (Å²) < 4.78 is 5.34. The molecule has 1 saturated carbocycles. The average molecular weight is 357 g/mol. The maximum atomic E-state index is 12.7. The van der Waals surface area contributed by atoms with Crippen molar-refractivity contribution in [2.75, 3.05) is 32.7 Å². The largest absolute Gasteiger partial charge is 0.415 e. The summed E-state index contributed by atoms with van der Waals surface area (Å²) >= 11 is 0. The van der Waals surface area contributed by atoms with Gasteiger partial charge in [-0.15, -0.1) is 0 Å². The Morgan fingerprint density at radius 1 is 0.962 bits per heavy atom. The second-order valence-electron chi connectivity index (χ2n) is 7.17. The van der Waals surface area contributed by atoms with Crippen molar-refractivity contribution in [2.24, 2.45) is 5.92 Å². The van der Waals surface area contributed by atoms with Gasteiger partial charge in [0.25, 0.3) is 0 Å². The third-order valence-corrected chi connectivity index (χ3v) is 5.29. The van der Waals surface area contributed by atoms with E-state index in [-0.39, 0.29) is 23.8 Å². The standard InChI is InChI=1S/C19H23N3O4/c23-17-12-14(13-22(17)15-6-7-15)18(24)20-8-10-21(11-9-20)19(25)26-16-4-2-1-3-5-16/h1-5,14-15H,6-13H2. The van der Waals surface area contributed by atoms with Crippen LogP contribution in [0.4, 0.5) is 4.79 Å². The van der Waals surface area contributed by atoms with Crippen molar-refractivity contribution in [3.8, 4) is 5.75 Å². The highest BCUT2D eigenvalue weighted by Gasteiger charge is 2.43. The van der Waals surface area contributed by atoms with Crippen molar-refractivity contribution in [3.63, 3.8) is 0 Å². The molecular weight excluding hydrogens is 334 g/mol. The third-order valence-electron chi connectivity index (χ3n) is 5.29. The van der Waals surface area contributed by atoms with E-state index in [2.05, 4.69) is 0 Å². The van der Waals surface area contributed by atoms with Crippen molar-refractivity contribution >= 4 is 17.9 Å². The van der Waals surface area contributed by atoms with Gasteiger partial charge < -0.3 is 19.4 Å².